The highest BCUT2D eigenvalue weighted by atomic mass is 16.1. The Morgan fingerprint density at radius 2 is 2.12 bits per heavy atom. The number of benzene rings is 1. The van der Waals surface area contributed by atoms with Crippen LogP contribution in [0.15, 0.2) is 48.6 Å². The van der Waals surface area contributed by atoms with E-state index in [2.05, 4.69) is 5.32 Å². The molecule has 1 rings (SSSR count). The lowest BCUT2D eigenvalue weighted by Crippen LogP contribution is -2.11. The van der Waals surface area contributed by atoms with E-state index >= 15 is 0 Å². The molecule has 1 aromatic rings. The molecule has 1 amide bonds. The molecule has 0 aromatic heterocycles. The Hall–Kier alpha value is -1.87. The molecule has 0 fully saturated rings. The van der Waals surface area contributed by atoms with E-state index in [0.29, 0.717) is 6.54 Å². The Kier molecular flexibility index (Phi) is 5.02. The van der Waals surface area contributed by atoms with Gasteiger partial charge in [0.1, 0.15) is 0 Å². The van der Waals surface area contributed by atoms with Gasteiger partial charge in [-0.2, -0.15) is 0 Å². The van der Waals surface area contributed by atoms with Crippen LogP contribution in [0.3, 0.4) is 0 Å². The van der Waals surface area contributed by atoms with Crippen molar-refractivity contribution in [3.8, 4) is 0 Å². The number of hydrogen-bond donors (Lipinski definition) is 2. The fourth-order valence-corrected chi connectivity index (χ4v) is 1.25. The first kappa shape index (κ1) is 12.2. The highest BCUT2D eigenvalue weighted by molar-refractivity contribution is 5.99. The van der Waals surface area contributed by atoms with Crippen molar-refractivity contribution in [3.05, 3.63) is 54.1 Å². The number of hydrogen-bond acceptors (Lipinski definition) is 2. The van der Waals surface area contributed by atoms with Gasteiger partial charge in [-0.3, -0.25) is 4.79 Å². The maximum atomic E-state index is 11.5. The maximum absolute atomic E-state index is 11.5. The SMILES string of the molecule is CC=CC=CC(=O)Nc1ccccc1CN. The molecule has 0 aliphatic rings. The molecule has 0 saturated heterocycles. The third-order valence-electron chi connectivity index (χ3n) is 2.05. The average molecular weight is 216 g/mol. The molecule has 0 saturated carbocycles. The molecule has 0 atom stereocenters. The summed E-state index contributed by atoms with van der Waals surface area (Å²) in [7, 11) is 0. The van der Waals surface area contributed by atoms with Gasteiger partial charge < -0.3 is 11.1 Å². The summed E-state index contributed by atoms with van der Waals surface area (Å²) >= 11 is 0. The molecule has 84 valence electrons. The molecular formula is C13H16N2O. The number of rotatable bonds is 4. The average Bonchev–Trinajstić information content (AvgIpc) is 2.30. The highest BCUT2D eigenvalue weighted by Gasteiger charge is 2.01. The summed E-state index contributed by atoms with van der Waals surface area (Å²) in [5.74, 6) is -0.154. The van der Waals surface area contributed by atoms with Crippen LogP contribution in [0.25, 0.3) is 0 Å². The summed E-state index contributed by atoms with van der Waals surface area (Å²) in [4.78, 5) is 11.5. The van der Waals surface area contributed by atoms with Gasteiger partial charge in [-0.1, -0.05) is 36.4 Å². The summed E-state index contributed by atoms with van der Waals surface area (Å²) in [5.41, 5.74) is 7.26. The van der Waals surface area contributed by atoms with Crippen molar-refractivity contribution in [2.45, 2.75) is 13.5 Å². The summed E-state index contributed by atoms with van der Waals surface area (Å²) < 4.78 is 0. The van der Waals surface area contributed by atoms with E-state index in [9.17, 15) is 4.79 Å². The Balaban J connectivity index is 2.69. The van der Waals surface area contributed by atoms with Crippen molar-refractivity contribution in [1.82, 2.24) is 0 Å². The lowest BCUT2D eigenvalue weighted by atomic mass is 10.2. The zero-order valence-electron chi connectivity index (χ0n) is 9.31. The molecule has 0 aliphatic carbocycles. The van der Waals surface area contributed by atoms with Crippen LogP contribution in [0.4, 0.5) is 5.69 Å². The van der Waals surface area contributed by atoms with Crippen molar-refractivity contribution in [3.63, 3.8) is 0 Å². The molecule has 16 heavy (non-hydrogen) atoms. The number of allylic oxidation sites excluding steroid dienone is 3. The number of anilines is 1. The second-order valence-electron chi connectivity index (χ2n) is 3.24. The summed E-state index contributed by atoms with van der Waals surface area (Å²) in [5, 5.41) is 2.78. The van der Waals surface area contributed by atoms with E-state index in [1.54, 1.807) is 12.2 Å². The Labute approximate surface area is 95.7 Å². The normalized spacial score (nSPS) is 11.1. The third kappa shape index (κ3) is 3.71. The number of carbonyl (C=O) groups excluding carboxylic acids is 1. The predicted molar refractivity (Wildman–Crippen MR) is 66.9 cm³/mol. The zero-order chi connectivity index (χ0) is 11.8. The maximum Gasteiger partial charge on any atom is 0.248 e. The number of amides is 1. The van der Waals surface area contributed by atoms with E-state index in [-0.39, 0.29) is 5.91 Å². The first-order valence-corrected chi connectivity index (χ1v) is 5.16. The van der Waals surface area contributed by atoms with Gasteiger partial charge in [0.05, 0.1) is 0 Å². The molecule has 0 spiro atoms. The lowest BCUT2D eigenvalue weighted by Gasteiger charge is -2.07. The quantitative estimate of drug-likeness (QED) is 0.599. The van der Waals surface area contributed by atoms with E-state index in [0.717, 1.165) is 11.3 Å². The topological polar surface area (TPSA) is 55.1 Å². The van der Waals surface area contributed by atoms with Crippen LogP contribution in [-0.4, -0.2) is 5.91 Å². The monoisotopic (exact) mass is 216 g/mol. The van der Waals surface area contributed by atoms with Crippen LogP contribution < -0.4 is 11.1 Å². The number of para-hydroxylation sites is 1. The van der Waals surface area contributed by atoms with Gasteiger partial charge in [0, 0.05) is 18.3 Å². The van der Waals surface area contributed by atoms with Crippen LogP contribution >= 0.6 is 0 Å². The smallest absolute Gasteiger partial charge is 0.248 e. The zero-order valence-corrected chi connectivity index (χ0v) is 9.31. The van der Waals surface area contributed by atoms with Gasteiger partial charge in [0.15, 0.2) is 0 Å². The van der Waals surface area contributed by atoms with Crippen molar-refractivity contribution in [1.29, 1.82) is 0 Å². The van der Waals surface area contributed by atoms with Gasteiger partial charge in [-0.25, -0.2) is 0 Å². The second-order valence-corrected chi connectivity index (χ2v) is 3.24. The van der Waals surface area contributed by atoms with Crippen molar-refractivity contribution in [2.75, 3.05) is 5.32 Å². The first-order valence-electron chi connectivity index (χ1n) is 5.16. The number of nitrogens with one attached hydrogen (secondary N) is 1. The molecule has 0 radical (unpaired) electrons. The number of carbonyl (C=O) groups is 1. The summed E-state index contributed by atoms with van der Waals surface area (Å²) in [6.45, 7) is 2.31. The van der Waals surface area contributed by atoms with Crippen LogP contribution in [-0.2, 0) is 11.3 Å². The molecule has 3 N–H and O–H groups in total. The molecule has 0 aliphatic heterocycles. The second kappa shape index (κ2) is 6.58. The van der Waals surface area contributed by atoms with Crippen molar-refractivity contribution in [2.24, 2.45) is 5.73 Å². The lowest BCUT2D eigenvalue weighted by molar-refractivity contribution is -0.111. The van der Waals surface area contributed by atoms with E-state index in [4.69, 9.17) is 5.73 Å². The van der Waals surface area contributed by atoms with E-state index in [1.807, 2.05) is 37.3 Å². The minimum Gasteiger partial charge on any atom is -0.326 e. The predicted octanol–water partition coefficient (Wildman–Crippen LogP) is 2.22. The van der Waals surface area contributed by atoms with Crippen LogP contribution in [0.5, 0.6) is 0 Å². The standard InChI is InChI=1S/C13H16N2O/c1-2-3-4-9-13(16)15-12-8-6-5-7-11(12)10-14/h2-9H,10,14H2,1H3,(H,15,16). The fraction of sp³-hybridized carbons (Fsp3) is 0.154. The highest BCUT2D eigenvalue weighted by Crippen LogP contribution is 2.13. The minimum absolute atomic E-state index is 0.154. The largest absolute Gasteiger partial charge is 0.326 e. The molecule has 0 bridgehead atoms. The molecule has 0 heterocycles. The van der Waals surface area contributed by atoms with Gasteiger partial charge >= 0.3 is 0 Å². The van der Waals surface area contributed by atoms with Crippen LogP contribution in [0.1, 0.15) is 12.5 Å². The summed E-state index contributed by atoms with van der Waals surface area (Å²) in [6.07, 6.45) is 6.83. The third-order valence-corrected chi connectivity index (χ3v) is 2.05. The van der Waals surface area contributed by atoms with Gasteiger partial charge in [-0.05, 0) is 18.6 Å². The van der Waals surface area contributed by atoms with Crippen molar-refractivity contribution < 1.29 is 4.79 Å². The molecular weight excluding hydrogens is 200 g/mol. The summed E-state index contributed by atoms with van der Waals surface area (Å²) in [6, 6.07) is 7.49. The van der Waals surface area contributed by atoms with E-state index < -0.39 is 0 Å². The molecule has 0 unspecified atom stereocenters. The van der Waals surface area contributed by atoms with Gasteiger partial charge in [0.25, 0.3) is 0 Å². The Bertz CT molecular complexity index is 408. The number of nitrogens with two attached hydrogens (primary N) is 1. The van der Waals surface area contributed by atoms with E-state index in [1.165, 1.54) is 6.08 Å². The fourth-order valence-electron chi connectivity index (χ4n) is 1.25. The van der Waals surface area contributed by atoms with Crippen molar-refractivity contribution >= 4 is 11.6 Å². The molecule has 3 nitrogen and oxygen atoms in total. The molecule has 3 heteroatoms. The Morgan fingerprint density at radius 1 is 1.38 bits per heavy atom. The Morgan fingerprint density at radius 3 is 2.81 bits per heavy atom. The minimum atomic E-state index is -0.154. The first-order chi connectivity index (χ1) is 7.77. The van der Waals surface area contributed by atoms with Gasteiger partial charge in [0.2, 0.25) is 5.91 Å². The van der Waals surface area contributed by atoms with Crippen LogP contribution in [0.2, 0.25) is 0 Å². The molecule has 1 aromatic carbocycles. The van der Waals surface area contributed by atoms with Gasteiger partial charge in [-0.15, -0.1) is 0 Å². The van der Waals surface area contributed by atoms with Crippen LogP contribution in [0, 0.1) is 0 Å².